The number of nitrogens with zero attached hydrogens (tertiary/aromatic N) is 1. The van der Waals surface area contributed by atoms with E-state index >= 15 is 0 Å². The van der Waals surface area contributed by atoms with E-state index in [1.54, 1.807) is 0 Å². The predicted molar refractivity (Wildman–Crippen MR) is 94.1 cm³/mol. The van der Waals surface area contributed by atoms with Crippen molar-refractivity contribution in [3.8, 4) is 6.07 Å². The Labute approximate surface area is 151 Å². The van der Waals surface area contributed by atoms with Crippen molar-refractivity contribution in [2.45, 2.75) is 58.0 Å². The highest BCUT2D eigenvalue weighted by Gasteiger charge is 2.44. The maximum absolute atomic E-state index is 12.1. The van der Waals surface area contributed by atoms with Crippen LogP contribution in [0.25, 0.3) is 0 Å². The zero-order valence-electron chi connectivity index (χ0n) is 15.1. The molecule has 0 unspecified atom stereocenters. The van der Waals surface area contributed by atoms with Gasteiger partial charge in [0.05, 0.1) is 21.9 Å². The average molecular weight is 362 g/mol. The second-order valence-electron chi connectivity index (χ2n) is 8.19. The third-order valence-electron chi connectivity index (χ3n) is 4.60. The largest absolute Gasteiger partial charge is 0.455 e. The molecule has 0 atom stereocenters. The Kier molecular flexibility index (Phi) is 4.38. The van der Waals surface area contributed by atoms with Crippen molar-refractivity contribution in [1.82, 2.24) is 0 Å². The van der Waals surface area contributed by atoms with Crippen molar-refractivity contribution in [2.24, 2.45) is 5.92 Å². The maximum atomic E-state index is 12.1. The van der Waals surface area contributed by atoms with Crippen molar-refractivity contribution >= 4 is 28.2 Å². The minimum atomic E-state index is -0.398. The molecular formula is C18H24N3O3S+. The lowest BCUT2D eigenvalue weighted by atomic mass is 9.81. The fourth-order valence-corrected chi connectivity index (χ4v) is 4.91. The van der Waals surface area contributed by atoms with Crippen molar-refractivity contribution < 1.29 is 19.6 Å². The standard InChI is InChI=1S/C18H23N3O3S/c1-17(2)7-11-12(8-19)15(25-14(11)18(3,4)21-17)20-13(22)9-24-16(23)10-5-6-10/h10,21H,5-7,9H2,1-4H3,(H,20,22)/p+1. The molecule has 134 valence electrons. The zero-order valence-corrected chi connectivity index (χ0v) is 15.9. The normalized spacial score (nSPS) is 20.3. The molecule has 3 N–H and O–H groups in total. The molecule has 3 rings (SSSR count). The van der Waals surface area contributed by atoms with Gasteiger partial charge in [-0.05, 0) is 46.1 Å². The molecule has 1 aromatic heterocycles. The number of carbonyl (C=O) groups excluding carboxylic acids is 2. The molecule has 0 radical (unpaired) electrons. The number of thiophene rings is 1. The quantitative estimate of drug-likeness (QED) is 0.796. The van der Waals surface area contributed by atoms with Gasteiger partial charge in [0.25, 0.3) is 5.91 Å². The molecule has 2 aliphatic rings. The molecule has 6 nitrogen and oxygen atoms in total. The highest BCUT2D eigenvalue weighted by atomic mass is 32.1. The summed E-state index contributed by atoms with van der Waals surface area (Å²) < 4.78 is 5.01. The summed E-state index contributed by atoms with van der Waals surface area (Å²) in [6.45, 7) is 8.28. The number of esters is 1. The van der Waals surface area contributed by atoms with Crippen LogP contribution in [0.3, 0.4) is 0 Å². The number of nitrogens with one attached hydrogen (secondary N) is 1. The summed E-state index contributed by atoms with van der Waals surface area (Å²) in [7, 11) is 0. The number of anilines is 1. The highest BCUT2D eigenvalue weighted by molar-refractivity contribution is 7.16. The first-order valence-corrected chi connectivity index (χ1v) is 9.34. The van der Waals surface area contributed by atoms with Gasteiger partial charge in [0, 0.05) is 6.42 Å². The summed E-state index contributed by atoms with van der Waals surface area (Å²) in [5.41, 5.74) is 1.39. The first-order valence-electron chi connectivity index (χ1n) is 8.53. The van der Waals surface area contributed by atoms with Gasteiger partial charge >= 0.3 is 5.97 Å². The predicted octanol–water partition coefficient (Wildman–Crippen LogP) is 1.64. The van der Waals surface area contributed by atoms with Gasteiger partial charge in [-0.25, -0.2) is 0 Å². The van der Waals surface area contributed by atoms with Crippen LogP contribution in [0.5, 0.6) is 0 Å². The van der Waals surface area contributed by atoms with Gasteiger partial charge in [0.1, 0.15) is 16.6 Å². The van der Waals surface area contributed by atoms with Gasteiger partial charge in [-0.3, -0.25) is 9.59 Å². The Bertz CT molecular complexity index is 769. The van der Waals surface area contributed by atoms with E-state index in [9.17, 15) is 14.9 Å². The van der Waals surface area contributed by atoms with Crippen LogP contribution in [-0.2, 0) is 26.3 Å². The molecule has 1 aliphatic heterocycles. The Balaban J connectivity index is 1.78. The van der Waals surface area contributed by atoms with Crippen LogP contribution in [0.1, 0.15) is 56.5 Å². The van der Waals surface area contributed by atoms with Gasteiger partial charge in [-0.1, -0.05) is 0 Å². The monoisotopic (exact) mass is 362 g/mol. The summed E-state index contributed by atoms with van der Waals surface area (Å²) in [5.74, 6) is -0.737. The summed E-state index contributed by atoms with van der Waals surface area (Å²) in [5, 5.41) is 15.3. The Morgan fingerprint density at radius 2 is 2.04 bits per heavy atom. The molecular weight excluding hydrogens is 338 g/mol. The first-order chi connectivity index (χ1) is 11.6. The lowest BCUT2D eigenvalue weighted by Crippen LogP contribution is -3.03. The first kappa shape index (κ1) is 17.9. The number of nitrogens with two attached hydrogens (primary N) is 1. The number of rotatable bonds is 4. The minimum absolute atomic E-state index is 0.00968. The van der Waals surface area contributed by atoms with E-state index in [1.807, 2.05) is 0 Å². The molecule has 0 aromatic carbocycles. The molecule has 7 heteroatoms. The number of fused-ring (bicyclic) bond motifs is 1. The van der Waals surface area contributed by atoms with Gasteiger partial charge in [0.15, 0.2) is 6.61 Å². The van der Waals surface area contributed by atoms with Crippen molar-refractivity contribution in [1.29, 1.82) is 5.26 Å². The lowest BCUT2D eigenvalue weighted by molar-refractivity contribution is -0.789. The number of ether oxygens (including phenoxy) is 1. The van der Waals surface area contributed by atoms with Crippen LogP contribution < -0.4 is 10.6 Å². The Hall–Kier alpha value is -1.91. The molecule has 1 aliphatic carbocycles. The Morgan fingerprint density at radius 1 is 1.36 bits per heavy atom. The van der Waals surface area contributed by atoms with Crippen LogP contribution in [-0.4, -0.2) is 24.0 Å². The molecule has 1 fully saturated rings. The fraction of sp³-hybridized carbons (Fsp3) is 0.611. The van der Waals surface area contributed by atoms with Crippen molar-refractivity contribution in [3.05, 3.63) is 16.0 Å². The van der Waals surface area contributed by atoms with Crippen molar-refractivity contribution in [2.75, 3.05) is 11.9 Å². The summed E-state index contributed by atoms with van der Waals surface area (Å²) >= 11 is 1.45. The molecule has 0 bridgehead atoms. The minimum Gasteiger partial charge on any atom is -0.455 e. The topological polar surface area (TPSA) is 95.8 Å². The zero-order chi connectivity index (χ0) is 18.4. The van der Waals surface area contributed by atoms with Gasteiger partial charge < -0.3 is 15.4 Å². The average Bonchev–Trinajstić information content (AvgIpc) is 3.27. The molecule has 1 amide bonds. The molecule has 2 heterocycles. The number of amides is 1. The van der Waals surface area contributed by atoms with Crippen molar-refractivity contribution in [3.63, 3.8) is 0 Å². The second kappa shape index (κ2) is 6.11. The number of nitriles is 1. The number of quaternary nitrogens is 1. The van der Waals surface area contributed by atoms with Crippen LogP contribution in [0.4, 0.5) is 5.00 Å². The fourth-order valence-electron chi connectivity index (χ4n) is 3.65. The molecule has 1 saturated carbocycles. The van der Waals surface area contributed by atoms with Gasteiger partial charge in [-0.2, -0.15) is 5.26 Å². The lowest BCUT2D eigenvalue weighted by Gasteiger charge is -2.38. The second-order valence-corrected chi connectivity index (χ2v) is 9.21. The van der Waals surface area contributed by atoms with E-state index in [1.165, 1.54) is 11.3 Å². The van der Waals surface area contributed by atoms with E-state index < -0.39 is 5.91 Å². The van der Waals surface area contributed by atoms with Crippen LogP contribution >= 0.6 is 11.3 Å². The molecule has 25 heavy (non-hydrogen) atoms. The highest BCUT2D eigenvalue weighted by Crippen LogP contribution is 2.41. The van der Waals surface area contributed by atoms with E-state index in [2.05, 4.69) is 44.4 Å². The van der Waals surface area contributed by atoms with Gasteiger partial charge in [-0.15, -0.1) is 11.3 Å². The molecule has 1 aromatic rings. The van der Waals surface area contributed by atoms with E-state index in [0.717, 1.165) is 29.7 Å². The SMILES string of the molecule is CC1(C)Cc2c(sc(NC(=O)COC(=O)C3CC3)c2C#N)C(C)(C)[NH2+]1. The maximum Gasteiger partial charge on any atom is 0.309 e. The van der Waals surface area contributed by atoms with E-state index in [-0.39, 0.29) is 29.6 Å². The third-order valence-corrected chi connectivity index (χ3v) is 6.08. The van der Waals surface area contributed by atoms with Crippen LogP contribution in [0.2, 0.25) is 0 Å². The summed E-state index contributed by atoms with van der Waals surface area (Å²) in [6.07, 6.45) is 2.47. The summed E-state index contributed by atoms with van der Waals surface area (Å²) in [6, 6.07) is 2.25. The van der Waals surface area contributed by atoms with E-state index in [0.29, 0.717) is 10.6 Å². The number of carbonyl (C=O) groups is 2. The molecule has 0 spiro atoms. The van der Waals surface area contributed by atoms with Crippen LogP contribution in [0.15, 0.2) is 0 Å². The van der Waals surface area contributed by atoms with Crippen LogP contribution in [0, 0.1) is 17.2 Å². The van der Waals surface area contributed by atoms with E-state index in [4.69, 9.17) is 4.74 Å². The summed E-state index contributed by atoms with van der Waals surface area (Å²) in [4.78, 5) is 24.8. The smallest absolute Gasteiger partial charge is 0.309 e. The Morgan fingerprint density at radius 3 is 2.64 bits per heavy atom. The van der Waals surface area contributed by atoms with Gasteiger partial charge in [0.2, 0.25) is 0 Å². The molecule has 0 saturated heterocycles. The number of hydrogen-bond acceptors (Lipinski definition) is 5. The number of hydrogen-bond donors (Lipinski definition) is 2. The third kappa shape index (κ3) is 3.70.